The van der Waals surface area contributed by atoms with Crippen LogP contribution in [0.5, 0.6) is 0 Å². The predicted molar refractivity (Wildman–Crippen MR) is 74.4 cm³/mol. The molecule has 0 aliphatic carbocycles. The number of hydrogen-bond donors (Lipinski definition) is 1. The van der Waals surface area contributed by atoms with Crippen molar-refractivity contribution >= 4 is 22.6 Å². The molecule has 1 N–H and O–H groups in total. The van der Waals surface area contributed by atoms with Crippen LogP contribution in [-0.4, -0.2) is 30.5 Å². The number of fused-ring (bicyclic) bond motifs is 1. The van der Waals surface area contributed by atoms with E-state index in [0.717, 1.165) is 16.7 Å². The van der Waals surface area contributed by atoms with Gasteiger partial charge in [-0.2, -0.15) is 10.2 Å². The quantitative estimate of drug-likeness (QED) is 0.760. The van der Waals surface area contributed by atoms with Crippen LogP contribution >= 0.6 is 0 Å². The Morgan fingerprint density at radius 2 is 2.10 bits per heavy atom. The highest BCUT2D eigenvalue weighted by Crippen LogP contribution is 2.19. The van der Waals surface area contributed by atoms with Gasteiger partial charge in [-0.1, -0.05) is 0 Å². The van der Waals surface area contributed by atoms with Gasteiger partial charge in [-0.25, -0.2) is 4.98 Å². The molecule has 20 heavy (non-hydrogen) atoms. The Hall–Kier alpha value is -2.70. The number of nitrogens with zero attached hydrogens (tertiary/aromatic N) is 5. The van der Waals surface area contributed by atoms with Gasteiger partial charge in [-0.3, -0.25) is 14.2 Å². The third-order valence-corrected chi connectivity index (χ3v) is 3.17. The van der Waals surface area contributed by atoms with Crippen molar-refractivity contribution in [3.63, 3.8) is 0 Å². The number of amides is 1. The van der Waals surface area contributed by atoms with Gasteiger partial charge in [0.15, 0.2) is 5.65 Å². The average molecular weight is 270 g/mol. The third kappa shape index (κ3) is 1.93. The monoisotopic (exact) mass is 270 g/mol. The number of carbonyl (C=O) groups is 1. The molecule has 7 heteroatoms. The molecule has 0 aliphatic heterocycles. The number of nitrogens with one attached hydrogen (secondary N) is 1. The minimum Gasteiger partial charge on any atom is -0.319 e. The number of anilines is 1. The summed E-state index contributed by atoms with van der Waals surface area (Å²) in [6.45, 7) is 1.91. The second-order valence-electron chi connectivity index (χ2n) is 4.60. The van der Waals surface area contributed by atoms with Crippen LogP contribution in [0.1, 0.15) is 16.2 Å². The van der Waals surface area contributed by atoms with Crippen LogP contribution in [0.3, 0.4) is 0 Å². The molecule has 7 nitrogen and oxygen atoms in total. The summed E-state index contributed by atoms with van der Waals surface area (Å²) in [5.74, 6) is -0.215. The lowest BCUT2D eigenvalue weighted by atomic mass is 10.2. The first-order valence-electron chi connectivity index (χ1n) is 6.15. The Morgan fingerprint density at radius 3 is 2.80 bits per heavy atom. The van der Waals surface area contributed by atoms with E-state index in [9.17, 15) is 4.79 Å². The van der Waals surface area contributed by atoms with E-state index >= 15 is 0 Å². The van der Waals surface area contributed by atoms with E-state index in [1.165, 1.54) is 4.68 Å². The minimum absolute atomic E-state index is 0.215. The fourth-order valence-corrected chi connectivity index (χ4v) is 2.17. The Morgan fingerprint density at radius 1 is 1.30 bits per heavy atom. The Kier molecular flexibility index (Phi) is 2.74. The fraction of sp³-hybridized carbons (Fsp3) is 0.231. The molecule has 0 aliphatic rings. The summed E-state index contributed by atoms with van der Waals surface area (Å²) in [5, 5.41) is 12.0. The molecule has 0 unspecified atom stereocenters. The van der Waals surface area contributed by atoms with Crippen LogP contribution in [-0.2, 0) is 14.1 Å². The van der Waals surface area contributed by atoms with Crippen LogP contribution in [0.2, 0.25) is 0 Å². The number of carbonyl (C=O) groups excluding carboxylic acids is 1. The molecule has 102 valence electrons. The predicted octanol–water partition coefficient (Wildman–Crippen LogP) is 1.26. The Bertz CT molecular complexity index is 800. The average Bonchev–Trinajstić information content (AvgIpc) is 2.95. The Balaban J connectivity index is 1.93. The number of aromatic nitrogens is 5. The van der Waals surface area contributed by atoms with Crippen LogP contribution < -0.4 is 5.32 Å². The zero-order valence-electron chi connectivity index (χ0n) is 11.5. The summed E-state index contributed by atoms with van der Waals surface area (Å²) in [6.07, 6.45) is 3.21. The maximum absolute atomic E-state index is 12.1. The minimum atomic E-state index is -0.215. The molecule has 1 amide bonds. The molecule has 3 aromatic heterocycles. The van der Waals surface area contributed by atoms with E-state index in [0.29, 0.717) is 11.4 Å². The van der Waals surface area contributed by atoms with Gasteiger partial charge in [-0.15, -0.1) is 0 Å². The summed E-state index contributed by atoms with van der Waals surface area (Å²) >= 11 is 0. The van der Waals surface area contributed by atoms with Crippen LogP contribution in [0.4, 0.5) is 5.69 Å². The van der Waals surface area contributed by atoms with Gasteiger partial charge in [0.05, 0.1) is 17.6 Å². The molecular formula is C13H14N6O. The summed E-state index contributed by atoms with van der Waals surface area (Å²) in [7, 11) is 3.57. The highest BCUT2D eigenvalue weighted by Gasteiger charge is 2.12. The maximum atomic E-state index is 12.1. The first kappa shape index (κ1) is 12.3. The van der Waals surface area contributed by atoms with Gasteiger partial charge in [0, 0.05) is 25.7 Å². The van der Waals surface area contributed by atoms with Crippen molar-refractivity contribution in [1.29, 1.82) is 0 Å². The van der Waals surface area contributed by atoms with Gasteiger partial charge >= 0.3 is 0 Å². The molecular weight excluding hydrogens is 256 g/mol. The van der Waals surface area contributed by atoms with E-state index in [1.54, 1.807) is 30.2 Å². The van der Waals surface area contributed by atoms with E-state index < -0.39 is 0 Å². The van der Waals surface area contributed by atoms with Gasteiger partial charge in [-0.05, 0) is 19.1 Å². The summed E-state index contributed by atoms with van der Waals surface area (Å²) in [4.78, 5) is 16.4. The lowest BCUT2D eigenvalue weighted by molar-refractivity contribution is 0.101. The van der Waals surface area contributed by atoms with Crippen molar-refractivity contribution in [3.05, 3.63) is 35.9 Å². The normalized spacial score (nSPS) is 10.9. The molecule has 0 spiro atoms. The standard InChI is InChI=1S/C13H14N6O/c1-8-10-6-9(7-14-12(10)19(3)17-8)16-13(20)11-4-5-15-18(11)2/h4-7H,1-3H3,(H,16,20). The smallest absolute Gasteiger partial charge is 0.273 e. The molecule has 0 saturated carbocycles. The molecule has 0 atom stereocenters. The van der Waals surface area contributed by atoms with E-state index in [4.69, 9.17) is 0 Å². The SMILES string of the molecule is Cc1nn(C)c2ncc(NC(=O)c3ccnn3C)cc12. The van der Waals surface area contributed by atoms with Crippen LogP contribution in [0.15, 0.2) is 24.5 Å². The second-order valence-corrected chi connectivity index (χ2v) is 4.60. The molecule has 0 bridgehead atoms. The van der Waals surface area contributed by atoms with Gasteiger partial charge in [0.1, 0.15) is 5.69 Å². The van der Waals surface area contributed by atoms with Gasteiger partial charge < -0.3 is 5.32 Å². The van der Waals surface area contributed by atoms with Crippen molar-refractivity contribution in [2.45, 2.75) is 6.92 Å². The number of hydrogen-bond acceptors (Lipinski definition) is 4. The van der Waals surface area contributed by atoms with Crippen LogP contribution in [0.25, 0.3) is 11.0 Å². The van der Waals surface area contributed by atoms with Crippen molar-refractivity contribution in [2.24, 2.45) is 14.1 Å². The van der Waals surface area contributed by atoms with Crippen molar-refractivity contribution in [2.75, 3.05) is 5.32 Å². The lowest BCUT2D eigenvalue weighted by Crippen LogP contribution is -2.16. The first-order valence-corrected chi connectivity index (χ1v) is 6.15. The Labute approximate surface area is 115 Å². The molecule has 3 rings (SSSR count). The number of rotatable bonds is 2. The molecule has 0 radical (unpaired) electrons. The lowest BCUT2D eigenvalue weighted by Gasteiger charge is -2.05. The maximum Gasteiger partial charge on any atom is 0.273 e. The van der Waals surface area contributed by atoms with Crippen molar-refractivity contribution in [1.82, 2.24) is 24.5 Å². The highest BCUT2D eigenvalue weighted by molar-refractivity contribution is 6.03. The fourth-order valence-electron chi connectivity index (χ4n) is 2.17. The molecule has 0 aromatic carbocycles. The zero-order chi connectivity index (χ0) is 14.3. The van der Waals surface area contributed by atoms with Crippen LogP contribution in [0, 0.1) is 6.92 Å². The van der Waals surface area contributed by atoms with Gasteiger partial charge in [0.2, 0.25) is 0 Å². The van der Waals surface area contributed by atoms with E-state index in [2.05, 4.69) is 20.5 Å². The molecule has 0 fully saturated rings. The van der Waals surface area contributed by atoms with Crippen molar-refractivity contribution < 1.29 is 4.79 Å². The summed E-state index contributed by atoms with van der Waals surface area (Å²) < 4.78 is 3.24. The molecule has 0 saturated heterocycles. The van der Waals surface area contributed by atoms with Crippen molar-refractivity contribution in [3.8, 4) is 0 Å². The second kappa shape index (κ2) is 4.44. The zero-order valence-corrected chi connectivity index (χ0v) is 11.5. The van der Waals surface area contributed by atoms with Gasteiger partial charge in [0.25, 0.3) is 5.91 Å². The number of aryl methyl sites for hydroxylation is 3. The third-order valence-electron chi connectivity index (χ3n) is 3.17. The highest BCUT2D eigenvalue weighted by atomic mass is 16.2. The summed E-state index contributed by atoms with van der Waals surface area (Å²) in [5.41, 5.74) is 2.81. The summed E-state index contributed by atoms with van der Waals surface area (Å²) in [6, 6.07) is 3.54. The topological polar surface area (TPSA) is 77.6 Å². The number of pyridine rings is 1. The van der Waals surface area contributed by atoms with E-state index in [1.807, 2.05) is 20.0 Å². The molecule has 3 heterocycles. The largest absolute Gasteiger partial charge is 0.319 e. The molecule has 3 aromatic rings. The van der Waals surface area contributed by atoms with E-state index in [-0.39, 0.29) is 5.91 Å². The first-order chi connectivity index (χ1) is 9.56.